The van der Waals surface area contributed by atoms with E-state index in [1.165, 1.54) is 0 Å². The molecule has 0 radical (unpaired) electrons. The van der Waals surface area contributed by atoms with Gasteiger partial charge in [-0.3, -0.25) is 4.79 Å². The minimum atomic E-state index is 0.0567. The Morgan fingerprint density at radius 2 is 2.00 bits per heavy atom. The lowest BCUT2D eigenvalue weighted by Crippen LogP contribution is -2.12. The van der Waals surface area contributed by atoms with Crippen LogP contribution in [0.25, 0.3) is 10.9 Å². The monoisotopic (exact) mass is 188 g/mol. The summed E-state index contributed by atoms with van der Waals surface area (Å²) in [6.07, 6.45) is 1.81. The molecule has 0 aliphatic heterocycles. The van der Waals surface area contributed by atoms with Crippen LogP contribution in [0.3, 0.4) is 0 Å². The number of rotatable bonds is 1. The molecule has 72 valence electrons. The SMILES string of the molecule is CNc1cn(C)c2ccccc2c1=O. The van der Waals surface area contributed by atoms with Gasteiger partial charge in [0, 0.05) is 25.7 Å². The van der Waals surface area contributed by atoms with Crippen molar-refractivity contribution in [3.8, 4) is 0 Å². The summed E-state index contributed by atoms with van der Waals surface area (Å²) in [5, 5.41) is 3.65. The van der Waals surface area contributed by atoms with Crippen LogP contribution in [-0.2, 0) is 7.05 Å². The predicted molar refractivity (Wildman–Crippen MR) is 58.7 cm³/mol. The minimum absolute atomic E-state index is 0.0567. The van der Waals surface area contributed by atoms with E-state index in [-0.39, 0.29) is 5.43 Å². The Kier molecular flexibility index (Phi) is 2.00. The van der Waals surface area contributed by atoms with Crippen molar-refractivity contribution in [1.82, 2.24) is 4.57 Å². The molecule has 0 spiro atoms. The summed E-state index contributed by atoms with van der Waals surface area (Å²) in [4.78, 5) is 11.8. The van der Waals surface area contributed by atoms with Gasteiger partial charge in [-0.15, -0.1) is 0 Å². The zero-order valence-electron chi connectivity index (χ0n) is 8.24. The van der Waals surface area contributed by atoms with Crippen LogP contribution in [0.1, 0.15) is 0 Å². The smallest absolute Gasteiger partial charge is 0.212 e. The van der Waals surface area contributed by atoms with Gasteiger partial charge in [-0.05, 0) is 12.1 Å². The number of fused-ring (bicyclic) bond motifs is 1. The lowest BCUT2D eigenvalue weighted by molar-refractivity contribution is 0.951. The van der Waals surface area contributed by atoms with Gasteiger partial charge in [0.25, 0.3) is 0 Å². The summed E-state index contributed by atoms with van der Waals surface area (Å²) >= 11 is 0. The Labute approximate surface area is 82.0 Å². The molecule has 0 amide bonds. The number of nitrogens with zero attached hydrogens (tertiary/aromatic N) is 1. The molecule has 0 bridgehead atoms. The first-order valence-corrected chi connectivity index (χ1v) is 4.50. The quantitative estimate of drug-likeness (QED) is 0.737. The van der Waals surface area contributed by atoms with E-state index >= 15 is 0 Å². The largest absolute Gasteiger partial charge is 0.384 e. The molecule has 0 saturated heterocycles. The molecule has 0 aliphatic rings. The van der Waals surface area contributed by atoms with Gasteiger partial charge in [0.2, 0.25) is 5.43 Å². The zero-order valence-corrected chi connectivity index (χ0v) is 8.24. The van der Waals surface area contributed by atoms with E-state index in [2.05, 4.69) is 5.32 Å². The first-order valence-electron chi connectivity index (χ1n) is 4.50. The summed E-state index contributed by atoms with van der Waals surface area (Å²) in [7, 11) is 3.69. The molecule has 2 aromatic rings. The highest BCUT2D eigenvalue weighted by molar-refractivity contribution is 5.81. The summed E-state index contributed by atoms with van der Waals surface area (Å²) in [5.74, 6) is 0. The van der Waals surface area contributed by atoms with Crippen LogP contribution in [0.4, 0.5) is 5.69 Å². The molecule has 0 unspecified atom stereocenters. The third-order valence-electron chi connectivity index (χ3n) is 2.37. The van der Waals surface area contributed by atoms with Gasteiger partial charge in [0.05, 0.1) is 11.2 Å². The molecule has 0 saturated carbocycles. The predicted octanol–water partition coefficient (Wildman–Crippen LogP) is 1.58. The first kappa shape index (κ1) is 8.81. The van der Waals surface area contributed by atoms with E-state index < -0.39 is 0 Å². The van der Waals surface area contributed by atoms with Crippen LogP contribution in [0.2, 0.25) is 0 Å². The molecule has 14 heavy (non-hydrogen) atoms. The summed E-state index contributed by atoms with van der Waals surface area (Å²) < 4.78 is 1.95. The maximum absolute atomic E-state index is 11.8. The first-order chi connectivity index (χ1) is 6.74. The zero-order chi connectivity index (χ0) is 10.1. The van der Waals surface area contributed by atoms with E-state index in [1.54, 1.807) is 7.05 Å². The number of benzene rings is 1. The van der Waals surface area contributed by atoms with Gasteiger partial charge in [-0.2, -0.15) is 0 Å². The Morgan fingerprint density at radius 3 is 2.71 bits per heavy atom. The van der Waals surface area contributed by atoms with Crippen molar-refractivity contribution >= 4 is 16.6 Å². The van der Waals surface area contributed by atoms with Crippen molar-refractivity contribution in [1.29, 1.82) is 0 Å². The van der Waals surface area contributed by atoms with Gasteiger partial charge >= 0.3 is 0 Å². The molecule has 0 aliphatic carbocycles. The number of nitrogens with one attached hydrogen (secondary N) is 1. The van der Waals surface area contributed by atoms with Crippen molar-refractivity contribution in [2.24, 2.45) is 7.05 Å². The number of aromatic nitrogens is 1. The molecule has 1 heterocycles. The second kappa shape index (κ2) is 3.18. The van der Waals surface area contributed by atoms with Gasteiger partial charge in [-0.1, -0.05) is 12.1 Å². The molecule has 0 fully saturated rings. The highest BCUT2D eigenvalue weighted by atomic mass is 16.1. The average Bonchev–Trinajstić information content (AvgIpc) is 2.23. The fraction of sp³-hybridized carbons (Fsp3) is 0.182. The number of hydrogen-bond donors (Lipinski definition) is 1. The molecular weight excluding hydrogens is 176 g/mol. The molecule has 3 heteroatoms. The fourth-order valence-corrected chi connectivity index (χ4v) is 1.62. The number of hydrogen-bond acceptors (Lipinski definition) is 2. The van der Waals surface area contributed by atoms with Crippen molar-refractivity contribution in [3.63, 3.8) is 0 Å². The molecule has 1 aromatic heterocycles. The molecule has 3 nitrogen and oxygen atoms in total. The summed E-state index contributed by atoms with van der Waals surface area (Å²) in [6.45, 7) is 0. The third-order valence-corrected chi connectivity index (χ3v) is 2.37. The van der Waals surface area contributed by atoms with Crippen molar-refractivity contribution < 1.29 is 0 Å². The normalized spacial score (nSPS) is 10.4. The van der Waals surface area contributed by atoms with Crippen molar-refractivity contribution in [3.05, 3.63) is 40.7 Å². The molecule has 1 aromatic carbocycles. The van der Waals surface area contributed by atoms with Crippen LogP contribution < -0.4 is 10.7 Å². The topological polar surface area (TPSA) is 34.0 Å². The van der Waals surface area contributed by atoms with Crippen LogP contribution in [0.15, 0.2) is 35.3 Å². The maximum atomic E-state index is 11.8. The Bertz CT molecular complexity index is 528. The number of anilines is 1. The van der Waals surface area contributed by atoms with E-state index in [0.717, 1.165) is 10.9 Å². The number of para-hydroxylation sites is 1. The lowest BCUT2D eigenvalue weighted by atomic mass is 10.2. The average molecular weight is 188 g/mol. The Morgan fingerprint density at radius 1 is 1.29 bits per heavy atom. The van der Waals surface area contributed by atoms with Gasteiger partial charge in [-0.25, -0.2) is 0 Å². The van der Waals surface area contributed by atoms with Gasteiger partial charge < -0.3 is 9.88 Å². The van der Waals surface area contributed by atoms with Gasteiger partial charge in [0.15, 0.2) is 0 Å². The fourth-order valence-electron chi connectivity index (χ4n) is 1.62. The van der Waals surface area contributed by atoms with Gasteiger partial charge in [0.1, 0.15) is 0 Å². The van der Waals surface area contributed by atoms with E-state index in [0.29, 0.717) is 5.69 Å². The second-order valence-electron chi connectivity index (χ2n) is 3.25. The summed E-state index contributed by atoms with van der Waals surface area (Å²) in [5.41, 5.74) is 1.64. The maximum Gasteiger partial charge on any atom is 0.212 e. The molecule has 0 atom stereocenters. The van der Waals surface area contributed by atoms with Crippen molar-refractivity contribution in [2.75, 3.05) is 12.4 Å². The van der Waals surface area contributed by atoms with E-state index in [1.807, 2.05) is 42.1 Å². The highest BCUT2D eigenvalue weighted by Crippen LogP contribution is 2.11. The second-order valence-corrected chi connectivity index (χ2v) is 3.25. The number of pyridine rings is 1. The van der Waals surface area contributed by atoms with Crippen LogP contribution in [0, 0.1) is 0 Å². The minimum Gasteiger partial charge on any atom is -0.384 e. The van der Waals surface area contributed by atoms with Crippen LogP contribution >= 0.6 is 0 Å². The molecular formula is C11H12N2O. The van der Waals surface area contributed by atoms with E-state index in [4.69, 9.17) is 0 Å². The molecule has 1 N–H and O–H groups in total. The summed E-state index contributed by atoms with van der Waals surface area (Å²) in [6, 6.07) is 7.60. The third kappa shape index (κ3) is 1.18. The van der Waals surface area contributed by atoms with Crippen LogP contribution in [-0.4, -0.2) is 11.6 Å². The standard InChI is InChI=1S/C11H12N2O/c1-12-9-7-13(2)10-6-4-3-5-8(10)11(9)14/h3-7,12H,1-2H3. The Hall–Kier alpha value is -1.77. The van der Waals surface area contributed by atoms with Crippen molar-refractivity contribution in [2.45, 2.75) is 0 Å². The number of aryl methyl sites for hydroxylation is 1. The van der Waals surface area contributed by atoms with Crippen LogP contribution in [0.5, 0.6) is 0 Å². The Balaban J connectivity index is 2.95. The van der Waals surface area contributed by atoms with E-state index in [9.17, 15) is 4.79 Å². The lowest BCUT2D eigenvalue weighted by Gasteiger charge is -2.07. The highest BCUT2D eigenvalue weighted by Gasteiger charge is 2.04. The molecule has 2 rings (SSSR count).